The maximum Gasteiger partial charge on any atom is 0.0795 e. The molecule has 5 heteroatoms. The molecule has 2 heterocycles. The normalized spacial score (nSPS) is 16.1. The van der Waals surface area contributed by atoms with Crippen LogP contribution in [0.3, 0.4) is 0 Å². The number of benzene rings is 4. The first-order valence-corrected chi connectivity index (χ1v) is 21.7. The first kappa shape index (κ1) is 43.8. The summed E-state index contributed by atoms with van der Waals surface area (Å²) in [5.41, 5.74) is 4.92. The van der Waals surface area contributed by atoms with E-state index in [9.17, 15) is 0 Å². The van der Waals surface area contributed by atoms with Gasteiger partial charge in [-0.25, -0.2) is 0 Å². The second kappa shape index (κ2) is 17.1. The number of hydrogen-bond donors (Lipinski definition) is 0. The van der Waals surface area contributed by atoms with Crippen LogP contribution in [0.2, 0.25) is 10.1 Å². The van der Waals surface area contributed by atoms with Crippen molar-refractivity contribution in [1.29, 1.82) is 0 Å². The second-order valence-electron chi connectivity index (χ2n) is 19.5. The Labute approximate surface area is 361 Å². The van der Waals surface area contributed by atoms with Gasteiger partial charge >= 0.3 is 0 Å². The van der Waals surface area contributed by atoms with Gasteiger partial charge in [0.15, 0.2) is 0 Å². The predicted octanol–water partition coefficient (Wildman–Crippen LogP) is 12.5. The Morgan fingerprint density at radius 1 is 0.475 bits per heavy atom. The van der Waals surface area contributed by atoms with Gasteiger partial charge in [-0.2, -0.15) is 0 Å². The molecule has 4 unspecified atom stereocenters. The van der Waals surface area contributed by atoms with Crippen molar-refractivity contribution in [2.75, 3.05) is 0 Å². The lowest BCUT2D eigenvalue weighted by Crippen LogP contribution is -2.55. The predicted molar refractivity (Wildman–Crippen MR) is 250 cm³/mol. The lowest BCUT2D eigenvalue weighted by Gasteiger charge is -2.54. The average Bonchev–Trinajstić information content (AvgIpc) is 3.16. The minimum absolute atomic E-state index is 0.0542. The van der Waals surface area contributed by atoms with Gasteiger partial charge in [0, 0.05) is 57.2 Å². The van der Waals surface area contributed by atoms with E-state index in [0.717, 1.165) is 48.2 Å². The van der Waals surface area contributed by atoms with Crippen molar-refractivity contribution >= 4 is 42.0 Å². The number of aromatic nitrogens is 2. The molecule has 0 aliphatic rings. The molecule has 0 N–H and O–H groups in total. The van der Waals surface area contributed by atoms with Crippen molar-refractivity contribution < 1.29 is 4.74 Å². The molecule has 0 fully saturated rings. The van der Waals surface area contributed by atoms with Crippen LogP contribution in [0.1, 0.15) is 116 Å². The van der Waals surface area contributed by atoms with Gasteiger partial charge in [0.05, 0.1) is 43.1 Å². The molecule has 4 aromatic carbocycles. The standard InChI is InChI=1S/C54H58N2OSi2/c1-49(2,3)37-51(7,53(9,58)31-27-39-19-23-41(24-20-39)35-47-45-17-13-11-15-43(45)29-33-55-47)57-52(8,38-50(4,5)6)54(10,59)32-28-40-21-25-42(26-22-40)36-48-46-18-14-12-16-44(46)30-34-56-48/h11-26,29-30,33-34H,35-38H2,1-10H3. The van der Waals surface area contributed by atoms with Crippen LogP contribution in [-0.4, -0.2) is 41.7 Å². The molecule has 0 saturated heterocycles. The molecule has 0 amide bonds. The lowest BCUT2D eigenvalue weighted by atomic mass is 9.72. The van der Waals surface area contributed by atoms with Crippen LogP contribution >= 0.6 is 0 Å². The number of rotatable bonds is 10. The topological polar surface area (TPSA) is 35.0 Å². The highest BCUT2D eigenvalue weighted by molar-refractivity contribution is 6.19. The molecule has 0 saturated carbocycles. The fourth-order valence-electron chi connectivity index (χ4n) is 8.25. The first-order valence-electron chi connectivity index (χ1n) is 20.7. The van der Waals surface area contributed by atoms with Crippen LogP contribution < -0.4 is 0 Å². The molecule has 0 aliphatic heterocycles. The van der Waals surface area contributed by atoms with E-state index in [-0.39, 0.29) is 10.8 Å². The van der Waals surface area contributed by atoms with Crippen LogP contribution in [0.15, 0.2) is 122 Å². The van der Waals surface area contributed by atoms with Gasteiger partial charge in [0.1, 0.15) is 0 Å². The van der Waals surface area contributed by atoms with Crippen LogP contribution in [0.4, 0.5) is 0 Å². The lowest BCUT2D eigenvalue weighted by molar-refractivity contribution is -0.185. The zero-order valence-corrected chi connectivity index (χ0v) is 38.7. The minimum Gasteiger partial charge on any atom is -0.367 e. The van der Waals surface area contributed by atoms with Gasteiger partial charge in [0.2, 0.25) is 0 Å². The SMILES string of the molecule is CC(C)(C)CC(C)(OC(C)(CC(C)(C)C)C(C)([Si])C#Cc1ccc(Cc2nccc3ccccc23)cc1)C(C)([Si])C#Cc1ccc(Cc2nccc3ccccc23)cc1. The van der Waals surface area contributed by atoms with Gasteiger partial charge in [0.25, 0.3) is 0 Å². The van der Waals surface area contributed by atoms with Crippen LogP contribution in [-0.2, 0) is 17.6 Å². The molecule has 4 atom stereocenters. The molecule has 6 rings (SSSR count). The molecular formula is C54H58N2OSi2. The van der Waals surface area contributed by atoms with Crippen molar-refractivity contribution in [3.05, 3.63) is 155 Å². The minimum atomic E-state index is -0.720. The van der Waals surface area contributed by atoms with Crippen LogP contribution in [0.5, 0.6) is 0 Å². The fourth-order valence-corrected chi connectivity index (χ4v) is 8.66. The van der Waals surface area contributed by atoms with Crippen molar-refractivity contribution in [2.45, 2.75) is 116 Å². The number of fused-ring (bicyclic) bond motifs is 2. The van der Waals surface area contributed by atoms with E-state index in [1.807, 2.05) is 12.4 Å². The summed E-state index contributed by atoms with van der Waals surface area (Å²) >= 11 is 0. The Bertz CT molecular complexity index is 2350. The van der Waals surface area contributed by atoms with E-state index in [1.54, 1.807) is 0 Å². The zero-order chi connectivity index (χ0) is 42.7. The highest BCUT2D eigenvalue weighted by Crippen LogP contribution is 2.54. The van der Waals surface area contributed by atoms with E-state index >= 15 is 0 Å². The fraction of sp³-hybridized carbons (Fsp3) is 0.370. The molecule has 3 nitrogen and oxygen atoms in total. The molecule has 0 aliphatic carbocycles. The summed E-state index contributed by atoms with van der Waals surface area (Å²) in [6, 6.07) is 38.1. The Hall–Kier alpha value is -4.79. The van der Waals surface area contributed by atoms with Crippen LogP contribution in [0.25, 0.3) is 21.5 Å². The molecule has 6 aromatic rings. The highest BCUT2D eigenvalue weighted by atomic mass is 28.1. The summed E-state index contributed by atoms with van der Waals surface area (Å²) in [4.78, 5) is 9.41. The Morgan fingerprint density at radius 2 is 0.831 bits per heavy atom. The van der Waals surface area contributed by atoms with E-state index in [0.29, 0.717) is 0 Å². The largest absolute Gasteiger partial charge is 0.367 e. The molecule has 6 radical (unpaired) electrons. The van der Waals surface area contributed by atoms with E-state index < -0.39 is 21.3 Å². The molecule has 59 heavy (non-hydrogen) atoms. The third-order valence-corrected chi connectivity index (χ3v) is 12.7. The number of pyridine rings is 2. The van der Waals surface area contributed by atoms with Crippen molar-refractivity contribution in [3.8, 4) is 23.7 Å². The van der Waals surface area contributed by atoms with Gasteiger partial charge in [-0.1, -0.05) is 138 Å². The van der Waals surface area contributed by atoms with Gasteiger partial charge in [-0.15, -0.1) is 0 Å². The Kier molecular flexibility index (Phi) is 12.7. The summed E-state index contributed by atoms with van der Waals surface area (Å²) in [6.45, 7) is 22.3. The van der Waals surface area contributed by atoms with E-state index in [1.165, 1.54) is 32.7 Å². The number of nitrogens with zero attached hydrogens (tertiary/aromatic N) is 2. The molecule has 0 bridgehead atoms. The van der Waals surface area contributed by atoms with Crippen molar-refractivity contribution in [3.63, 3.8) is 0 Å². The zero-order valence-electron chi connectivity index (χ0n) is 36.7. The molecule has 298 valence electrons. The van der Waals surface area contributed by atoms with Crippen LogP contribution in [0, 0.1) is 34.5 Å². The van der Waals surface area contributed by atoms with Gasteiger partial charge in [-0.05, 0) is 110 Å². The Morgan fingerprint density at radius 3 is 1.19 bits per heavy atom. The monoisotopic (exact) mass is 806 g/mol. The quantitative estimate of drug-likeness (QED) is 0.102. The first-order chi connectivity index (χ1) is 27.6. The smallest absolute Gasteiger partial charge is 0.0795 e. The summed E-state index contributed by atoms with van der Waals surface area (Å²) in [5.74, 6) is 14.3. The number of ether oxygens (including phenoxy) is 1. The third-order valence-electron chi connectivity index (χ3n) is 11.4. The summed E-state index contributed by atoms with van der Waals surface area (Å²) < 4.78 is 7.61. The summed E-state index contributed by atoms with van der Waals surface area (Å²) in [7, 11) is 8.45. The highest BCUT2D eigenvalue weighted by Gasteiger charge is 2.53. The number of hydrogen-bond acceptors (Lipinski definition) is 3. The molecular weight excluding hydrogens is 749 g/mol. The third kappa shape index (κ3) is 10.9. The molecule has 0 spiro atoms. The Balaban J connectivity index is 1.25. The van der Waals surface area contributed by atoms with Crippen molar-refractivity contribution in [2.24, 2.45) is 10.8 Å². The second-order valence-corrected chi connectivity index (χ2v) is 21.5. The maximum absolute atomic E-state index is 7.61. The van der Waals surface area contributed by atoms with Gasteiger partial charge in [-0.3, -0.25) is 9.97 Å². The molecule has 2 aromatic heterocycles. The average molecular weight is 807 g/mol. The summed E-state index contributed by atoms with van der Waals surface area (Å²) in [6.07, 6.45) is 6.83. The maximum atomic E-state index is 7.61. The van der Waals surface area contributed by atoms with Crippen molar-refractivity contribution in [1.82, 2.24) is 9.97 Å². The van der Waals surface area contributed by atoms with Gasteiger partial charge < -0.3 is 4.74 Å². The summed E-state index contributed by atoms with van der Waals surface area (Å²) in [5, 5.41) is 3.37. The van der Waals surface area contributed by atoms with E-state index in [2.05, 4.69) is 223 Å². The van der Waals surface area contributed by atoms with E-state index in [4.69, 9.17) is 14.7 Å².